The third-order valence-corrected chi connectivity index (χ3v) is 4.68. The van der Waals surface area contributed by atoms with E-state index in [1.54, 1.807) is 37.4 Å². The molecule has 0 radical (unpaired) electrons. The molecule has 27 heavy (non-hydrogen) atoms. The molecule has 8 heteroatoms. The standard InChI is InChI=1S/C19H28N4O4/c1-23-13-16(22-19(26)15-6-4-8-20-12-15)7-3-5-14(11-17(23)24)18(25)21-9-10-27-2/h4,6,8,12,14,16H,3,5,7,9-11,13H2,1-2H3,(H,21,25)(H,22,26)/t14-,16-/m1/s1. The van der Waals surface area contributed by atoms with Crippen molar-refractivity contribution in [3.05, 3.63) is 30.1 Å². The monoisotopic (exact) mass is 376 g/mol. The van der Waals surface area contributed by atoms with Crippen LogP contribution in [0.3, 0.4) is 0 Å². The quantitative estimate of drug-likeness (QED) is 0.708. The highest BCUT2D eigenvalue weighted by Gasteiger charge is 2.27. The molecule has 2 atom stereocenters. The number of aromatic nitrogens is 1. The lowest BCUT2D eigenvalue weighted by Gasteiger charge is -2.24. The van der Waals surface area contributed by atoms with Crippen LogP contribution in [0.15, 0.2) is 24.5 Å². The Labute approximate surface area is 159 Å². The van der Waals surface area contributed by atoms with Crippen LogP contribution in [0.4, 0.5) is 0 Å². The van der Waals surface area contributed by atoms with Gasteiger partial charge in [-0.1, -0.05) is 6.42 Å². The number of amides is 3. The molecule has 1 aliphatic rings. The number of ether oxygens (including phenoxy) is 1. The van der Waals surface area contributed by atoms with Gasteiger partial charge in [0.2, 0.25) is 11.8 Å². The van der Waals surface area contributed by atoms with E-state index in [1.807, 2.05) is 0 Å². The van der Waals surface area contributed by atoms with Gasteiger partial charge in [0.15, 0.2) is 0 Å². The van der Waals surface area contributed by atoms with Crippen molar-refractivity contribution in [2.24, 2.45) is 5.92 Å². The normalized spacial score (nSPS) is 21.0. The molecule has 0 aromatic carbocycles. The van der Waals surface area contributed by atoms with Crippen molar-refractivity contribution in [1.29, 1.82) is 0 Å². The number of hydrogen-bond donors (Lipinski definition) is 2. The third kappa shape index (κ3) is 6.63. The largest absolute Gasteiger partial charge is 0.383 e. The fraction of sp³-hybridized carbons (Fsp3) is 0.579. The summed E-state index contributed by atoms with van der Waals surface area (Å²) in [6.45, 7) is 1.29. The van der Waals surface area contributed by atoms with Crippen molar-refractivity contribution < 1.29 is 19.1 Å². The molecule has 2 N–H and O–H groups in total. The van der Waals surface area contributed by atoms with E-state index < -0.39 is 0 Å². The zero-order valence-corrected chi connectivity index (χ0v) is 15.9. The second-order valence-electron chi connectivity index (χ2n) is 6.80. The van der Waals surface area contributed by atoms with Crippen molar-refractivity contribution in [2.45, 2.75) is 31.7 Å². The minimum atomic E-state index is -0.357. The molecule has 8 nitrogen and oxygen atoms in total. The maximum atomic E-state index is 12.5. The zero-order chi connectivity index (χ0) is 19.6. The number of carbonyl (C=O) groups is 3. The highest BCUT2D eigenvalue weighted by atomic mass is 16.5. The SMILES string of the molecule is COCCNC(=O)[C@@H]1CCC[C@@H](NC(=O)c2cccnc2)CN(C)C(=O)C1. The minimum Gasteiger partial charge on any atom is -0.383 e. The summed E-state index contributed by atoms with van der Waals surface area (Å²) in [5, 5.41) is 5.79. The van der Waals surface area contributed by atoms with Gasteiger partial charge in [-0.2, -0.15) is 0 Å². The molecule has 1 aromatic rings. The lowest BCUT2D eigenvalue weighted by atomic mass is 9.96. The highest BCUT2D eigenvalue weighted by molar-refractivity contribution is 5.94. The van der Waals surface area contributed by atoms with Gasteiger partial charge >= 0.3 is 0 Å². The Bertz CT molecular complexity index is 638. The van der Waals surface area contributed by atoms with Crippen LogP contribution in [-0.2, 0) is 14.3 Å². The first-order valence-electron chi connectivity index (χ1n) is 9.22. The van der Waals surface area contributed by atoms with Gasteiger partial charge in [-0.15, -0.1) is 0 Å². The van der Waals surface area contributed by atoms with Gasteiger partial charge in [-0.05, 0) is 25.0 Å². The second kappa shape index (κ2) is 10.6. The zero-order valence-electron chi connectivity index (χ0n) is 15.9. The average molecular weight is 376 g/mol. The molecule has 1 fully saturated rings. The summed E-state index contributed by atoms with van der Waals surface area (Å²) >= 11 is 0. The van der Waals surface area contributed by atoms with Crippen molar-refractivity contribution in [3.8, 4) is 0 Å². The van der Waals surface area contributed by atoms with Crippen LogP contribution in [0.2, 0.25) is 0 Å². The predicted molar refractivity (Wildman–Crippen MR) is 100.0 cm³/mol. The molecule has 1 saturated heterocycles. The summed E-state index contributed by atoms with van der Waals surface area (Å²) in [5.41, 5.74) is 0.488. The number of carbonyl (C=O) groups excluding carboxylic acids is 3. The van der Waals surface area contributed by atoms with E-state index in [4.69, 9.17) is 4.74 Å². The van der Waals surface area contributed by atoms with E-state index in [0.717, 1.165) is 6.42 Å². The number of hydrogen-bond acceptors (Lipinski definition) is 5. The van der Waals surface area contributed by atoms with E-state index in [2.05, 4.69) is 15.6 Å². The van der Waals surface area contributed by atoms with E-state index in [-0.39, 0.29) is 36.1 Å². The van der Waals surface area contributed by atoms with Gasteiger partial charge in [0.1, 0.15) is 0 Å². The molecule has 0 unspecified atom stereocenters. The molecule has 0 bridgehead atoms. The van der Waals surface area contributed by atoms with Gasteiger partial charge in [0.05, 0.1) is 12.2 Å². The number of nitrogens with zero attached hydrogens (tertiary/aromatic N) is 2. The highest BCUT2D eigenvalue weighted by Crippen LogP contribution is 2.19. The van der Waals surface area contributed by atoms with E-state index in [9.17, 15) is 14.4 Å². The summed E-state index contributed by atoms with van der Waals surface area (Å²) in [6, 6.07) is 3.25. The molecule has 148 valence electrons. The van der Waals surface area contributed by atoms with Crippen LogP contribution in [0.5, 0.6) is 0 Å². The Kier molecular flexibility index (Phi) is 8.19. The molecule has 2 rings (SSSR count). The van der Waals surface area contributed by atoms with Crippen LogP contribution in [0, 0.1) is 5.92 Å². The summed E-state index contributed by atoms with van der Waals surface area (Å²) in [4.78, 5) is 42.7. The Morgan fingerprint density at radius 1 is 1.37 bits per heavy atom. The van der Waals surface area contributed by atoms with Crippen molar-refractivity contribution >= 4 is 17.7 Å². The first-order chi connectivity index (χ1) is 13.0. The van der Waals surface area contributed by atoms with Crippen LogP contribution >= 0.6 is 0 Å². The fourth-order valence-corrected chi connectivity index (χ4v) is 3.13. The maximum Gasteiger partial charge on any atom is 0.253 e. The van der Waals surface area contributed by atoms with Gasteiger partial charge in [-0.3, -0.25) is 19.4 Å². The van der Waals surface area contributed by atoms with E-state index in [0.29, 0.717) is 38.1 Å². The first kappa shape index (κ1) is 20.8. The minimum absolute atomic E-state index is 0.0931. The van der Waals surface area contributed by atoms with Gasteiger partial charge in [0, 0.05) is 58.0 Å². The first-order valence-corrected chi connectivity index (χ1v) is 9.22. The molecule has 1 aliphatic heterocycles. The predicted octanol–water partition coefficient (Wildman–Crippen LogP) is 0.591. The number of pyridine rings is 1. The van der Waals surface area contributed by atoms with Gasteiger partial charge in [-0.25, -0.2) is 0 Å². The molecule has 3 amide bonds. The van der Waals surface area contributed by atoms with Crippen molar-refractivity contribution in [1.82, 2.24) is 20.5 Å². The lowest BCUT2D eigenvalue weighted by molar-refractivity contribution is -0.135. The molecule has 0 saturated carbocycles. The summed E-state index contributed by atoms with van der Waals surface area (Å²) < 4.78 is 4.94. The summed E-state index contributed by atoms with van der Waals surface area (Å²) in [6.07, 6.45) is 5.37. The van der Waals surface area contributed by atoms with Crippen LogP contribution in [-0.4, -0.2) is 67.5 Å². The smallest absolute Gasteiger partial charge is 0.253 e. The summed E-state index contributed by atoms with van der Waals surface area (Å²) in [7, 11) is 3.28. The average Bonchev–Trinajstić information content (AvgIpc) is 2.73. The fourth-order valence-electron chi connectivity index (χ4n) is 3.13. The third-order valence-electron chi connectivity index (χ3n) is 4.68. The summed E-state index contributed by atoms with van der Waals surface area (Å²) in [5.74, 6) is -0.775. The molecule has 0 spiro atoms. The molecule has 1 aromatic heterocycles. The number of methoxy groups -OCH3 is 1. The van der Waals surface area contributed by atoms with E-state index >= 15 is 0 Å². The van der Waals surface area contributed by atoms with Crippen LogP contribution < -0.4 is 10.6 Å². The number of nitrogens with one attached hydrogen (secondary N) is 2. The van der Waals surface area contributed by atoms with Crippen LogP contribution in [0.25, 0.3) is 0 Å². The van der Waals surface area contributed by atoms with Crippen molar-refractivity contribution in [3.63, 3.8) is 0 Å². The number of likely N-dealkylation sites (N-methyl/N-ethyl adjacent to an activating group) is 1. The topological polar surface area (TPSA) is 101 Å². The van der Waals surface area contributed by atoms with Crippen molar-refractivity contribution in [2.75, 3.05) is 33.9 Å². The number of rotatable bonds is 6. The van der Waals surface area contributed by atoms with E-state index in [1.165, 1.54) is 6.20 Å². The molecule has 2 heterocycles. The molecule has 0 aliphatic carbocycles. The molecular formula is C19H28N4O4. The molecular weight excluding hydrogens is 348 g/mol. The van der Waals surface area contributed by atoms with Gasteiger partial charge < -0.3 is 20.3 Å². The Morgan fingerprint density at radius 3 is 2.89 bits per heavy atom. The Morgan fingerprint density at radius 2 is 2.19 bits per heavy atom. The Hall–Kier alpha value is -2.48. The van der Waals surface area contributed by atoms with Crippen LogP contribution in [0.1, 0.15) is 36.0 Å². The second-order valence-corrected chi connectivity index (χ2v) is 6.80. The Balaban J connectivity index is 1.96. The maximum absolute atomic E-state index is 12.5. The van der Waals surface area contributed by atoms with Gasteiger partial charge in [0.25, 0.3) is 5.91 Å². The lowest BCUT2D eigenvalue weighted by Crippen LogP contribution is -2.44.